The number of carbonyl (C=O) groups excluding carboxylic acids is 1. The van der Waals surface area contributed by atoms with Gasteiger partial charge in [0.15, 0.2) is 0 Å². The lowest BCUT2D eigenvalue weighted by Crippen LogP contribution is -2.30. The summed E-state index contributed by atoms with van der Waals surface area (Å²) < 4.78 is 4.55. The summed E-state index contributed by atoms with van der Waals surface area (Å²) in [6, 6.07) is 6.25. The van der Waals surface area contributed by atoms with E-state index < -0.39 is 6.09 Å². The Labute approximate surface area is 111 Å². The average Bonchev–Trinajstić information content (AvgIpc) is 2.77. The van der Waals surface area contributed by atoms with Crippen LogP contribution in [0.4, 0.5) is 10.5 Å². The Bertz CT molecular complexity index is 486. The number of amidine groups is 1. The van der Waals surface area contributed by atoms with Gasteiger partial charge in [-0.25, -0.2) is 9.79 Å². The minimum Gasteiger partial charge on any atom is -0.453 e. The van der Waals surface area contributed by atoms with E-state index in [1.807, 2.05) is 11.8 Å². The van der Waals surface area contributed by atoms with Gasteiger partial charge in [-0.15, -0.1) is 11.8 Å². The summed E-state index contributed by atoms with van der Waals surface area (Å²) in [5.74, 6) is 1.75. The molecule has 0 atom stereocenters. The fourth-order valence-corrected chi connectivity index (χ4v) is 2.51. The first-order chi connectivity index (χ1) is 8.72. The van der Waals surface area contributed by atoms with Gasteiger partial charge in [0.05, 0.1) is 12.8 Å². The lowest BCUT2D eigenvalue weighted by Gasteiger charge is -2.02. The molecule has 0 aromatic heterocycles. The quantitative estimate of drug-likeness (QED) is 0.853. The maximum atomic E-state index is 11.1. The molecule has 0 unspecified atom stereocenters. The molecular formula is C13H16N2O2S. The highest BCUT2D eigenvalue weighted by atomic mass is 32.2. The van der Waals surface area contributed by atoms with E-state index in [4.69, 9.17) is 0 Å². The van der Waals surface area contributed by atoms with Gasteiger partial charge in [-0.05, 0) is 29.9 Å². The number of hydrogen-bond donors (Lipinski definition) is 1. The van der Waals surface area contributed by atoms with Crippen molar-refractivity contribution in [3.63, 3.8) is 0 Å². The predicted octanol–water partition coefficient (Wildman–Crippen LogP) is 3.13. The lowest BCUT2D eigenvalue weighted by molar-refractivity contribution is 0.176. The Morgan fingerprint density at radius 1 is 1.56 bits per heavy atom. The molecule has 18 heavy (non-hydrogen) atoms. The zero-order valence-electron chi connectivity index (χ0n) is 10.5. The number of carbonyl (C=O) groups is 1. The molecule has 96 valence electrons. The molecule has 1 aliphatic rings. The van der Waals surface area contributed by atoms with Crippen LogP contribution in [0.15, 0.2) is 28.1 Å². The number of benzene rings is 1. The van der Waals surface area contributed by atoms with Crippen molar-refractivity contribution in [1.82, 2.24) is 5.32 Å². The summed E-state index contributed by atoms with van der Waals surface area (Å²) in [4.78, 5) is 16.7. The highest BCUT2D eigenvalue weighted by Gasteiger charge is 2.16. The van der Waals surface area contributed by atoms with Crippen molar-refractivity contribution in [3.8, 4) is 0 Å². The van der Waals surface area contributed by atoms with Crippen LogP contribution in [0, 0.1) is 0 Å². The van der Waals surface area contributed by atoms with Crippen molar-refractivity contribution in [2.75, 3.05) is 12.9 Å². The molecule has 0 saturated carbocycles. The third-order valence-electron chi connectivity index (χ3n) is 2.57. The van der Waals surface area contributed by atoms with Crippen molar-refractivity contribution in [2.45, 2.75) is 24.7 Å². The number of ether oxygens (including phenoxy) is 1. The molecule has 4 nitrogen and oxygen atoms in total. The number of alkyl carbamates (subject to hydrolysis) is 1. The van der Waals surface area contributed by atoms with Crippen LogP contribution in [0.5, 0.6) is 0 Å². The van der Waals surface area contributed by atoms with Crippen molar-refractivity contribution >= 4 is 29.4 Å². The van der Waals surface area contributed by atoms with E-state index in [1.54, 1.807) is 0 Å². The minimum absolute atomic E-state index is 0.470. The minimum atomic E-state index is -0.470. The summed E-state index contributed by atoms with van der Waals surface area (Å²) in [5, 5.41) is 2.62. The largest absolute Gasteiger partial charge is 0.453 e. The maximum absolute atomic E-state index is 11.1. The molecule has 5 heteroatoms. The third kappa shape index (κ3) is 3.04. The lowest BCUT2D eigenvalue weighted by atomic mass is 10.1. The normalized spacial score (nSPS) is 12.9. The zero-order chi connectivity index (χ0) is 13.0. The van der Waals surface area contributed by atoms with E-state index >= 15 is 0 Å². The summed E-state index contributed by atoms with van der Waals surface area (Å²) >= 11 is 1.82. The fourth-order valence-electron chi connectivity index (χ4n) is 1.71. The van der Waals surface area contributed by atoms with Gasteiger partial charge in [-0.3, -0.25) is 5.32 Å². The van der Waals surface area contributed by atoms with E-state index in [0.717, 1.165) is 23.4 Å². The van der Waals surface area contributed by atoms with Crippen LogP contribution in [0.2, 0.25) is 0 Å². The Balaban J connectivity index is 2.07. The molecule has 1 amide bonds. The molecule has 0 radical (unpaired) electrons. The number of amides is 1. The van der Waals surface area contributed by atoms with Crippen LogP contribution in [0.25, 0.3) is 0 Å². The van der Waals surface area contributed by atoms with Gasteiger partial charge in [-0.1, -0.05) is 13.0 Å². The SMILES string of the molecule is CCCSc1ccc2c(c1)N=C(NC(=O)OC)C2. The number of nitrogens with zero attached hydrogens (tertiary/aromatic N) is 1. The first-order valence-electron chi connectivity index (χ1n) is 5.91. The van der Waals surface area contributed by atoms with Crippen LogP contribution < -0.4 is 5.32 Å². The molecule has 1 aliphatic heterocycles. The Morgan fingerprint density at radius 3 is 3.11 bits per heavy atom. The Morgan fingerprint density at radius 2 is 2.39 bits per heavy atom. The van der Waals surface area contributed by atoms with E-state index in [-0.39, 0.29) is 0 Å². The molecule has 0 fully saturated rings. The number of nitrogens with one attached hydrogen (secondary N) is 1. The molecule has 0 spiro atoms. The number of rotatable bonds is 3. The van der Waals surface area contributed by atoms with Gasteiger partial charge in [-0.2, -0.15) is 0 Å². The molecular weight excluding hydrogens is 248 g/mol. The van der Waals surface area contributed by atoms with Gasteiger partial charge < -0.3 is 4.74 Å². The second-order valence-corrected chi connectivity index (χ2v) is 5.16. The van der Waals surface area contributed by atoms with Crippen molar-refractivity contribution in [3.05, 3.63) is 23.8 Å². The van der Waals surface area contributed by atoms with Crippen molar-refractivity contribution < 1.29 is 9.53 Å². The summed E-state index contributed by atoms with van der Waals surface area (Å²) in [7, 11) is 1.34. The topological polar surface area (TPSA) is 50.7 Å². The standard InChI is InChI=1S/C13H16N2O2S/c1-3-6-18-10-5-4-9-7-12(14-11(9)8-10)15-13(16)17-2/h4-5,8H,3,6-7H2,1-2H3,(H,14,15,16). The van der Waals surface area contributed by atoms with Crippen LogP contribution in [-0.4, -0.2) is 24.8 Å². The van der Waals surface area contributed by atoms with Crippen LogP contribution in [0.3, 0.4) is 0 Å². The average molecular weight is 264 g/mol. The van der Waals surface area contributed by atoms with Gasteiger partial charge in [0.1, 0.15) is 5.84 Å². The Hall–Kier alpha value is -1.49. The molecule has 1 aromatic carbocycles. The molecule has 0 bridgehead atoms. The van der Waals surface area contributed by atoms with E-state index in [1.165, 1.54) is 12.0 Å². The second kappa shape index (κ2) is 5.91. The van der Waals surface area contributed by atoms with E-state index in [2.05, 4.69) is 40.2 Å². The molecule has 0 aliphatic carbocycles. The summed E-state index contributed by atoms with van der Waals surface area (Å²) in [5.41, 5.74) is 2.09. The molecule has 0 saturated heterocycles. The number of methoxy groups -OCH3 is 1. The van der Waals surface area contributed by atoms with Crippen LogP contribution in [0.1, 0.15) is 18.9 Å². The van der Waals surface area contributed by atoms with Gasteiger partial charge in [0.2, 0.25) is 0 Å². The smallest absolute Gasteiger partial charge is 0.412 e. The molecule has 1 N–H and O–H groups in total. The summed E-state index contributed by atoms with van der Waals surface area (Å²) in [6.45, 7) is 2.16. The van der Waals surface area contributed by atoms with Gasteiger partial charge in [0, 0.05) is 11.3 Å². The summed E-state index contributed by atoms with van der Waals surface area (Å²) in [6.07, 6.45) is 1.34. The number of aliphatic imine (C=N–C) groups is 1. The number of fused-ring (bicyclic) bond motifs is 1. The maximum Gasteiger partial charge on any atom is 0.412 e. The van der Waals surface area contributed by atoms with Crippen molar-refractivity contribution in [2.24, 2.45) is 4.99 Å². The second-order valence-electron chi connectivity index (χ2n) is 3.99. The zero-order valence-corrected chi connectivity index (χ0v) is 11.3. The van der Waals surface area contributed by atoms with E-state index in [0.29, 0.717) is 12.3 Å². The number of thioether (sulfide) groups is 1. The van der Waals surface area contributed by atoms with Gasteiger partial charge >= 0.3 is 6.09 Å². The number of hydrogen-bond acceptors (Lipinski definition) is 4. The van der Waals surface area contributed by atoms with E-state index in [9.17, 15) is 4.79 Å². The monoisotopic (exact) mass is 264 g/mol. The van der Waals surface area contributed by atoms with Gasteiger partial charge in [0.25, 0.3) is 0 Å². The molecule has 1 heterocycles. The first-order valence-corrected chi connectivity index (χ1v) is 6.89. The highest BCUT2D eigenvalue weighted by Crippen LogP contribution is 2.31. The predicted molar refractivity (Wildman–Crippen MR) is 73.8 cm³/mol. The highest BCUT2D eigenvalue weighted by molar-refractivity contribution is 7.99. The fraction of sp³-hybridized carbons (Fsp3) is 0.385. The molecule has 1 aromatic rings. The van der Waals surface area contributed by atoms with Crippen LogP contribution in [-0.2, 0) is 11.2 Å². The van der Waals surface area contributed by atoms with Crippen LogP contribution >= 0.6 is 11.8 Å². The third-order valence-corrected chi connectivity index (χ3v) is 3.77. The molecule has 2 rings (SSSR count). The first kappa shape index (κ1) is 13.0. The Kier molecular flexibility index (Phi) is 4.25. The van der Waals surface area contributed by atoms with Crippen molar-refractivity contribution in [1.29, 1.82) is 0 Å².